The third-order valence-corrected chi connectivity index (χ3v) is 3.58. The van der Waals surface area contributed by atoms with Crippen molar-refractivity contribution in [2.45, 2.75) is 6.42 Å². The van der Waals surface area contributed by atoms with Gasteiger partial charge < -0.3 is 15.5 Å². The lowest BCUT2D eigenvalue weighted by Gasteiger charge is -2.03. The fraction of sp³-hybridized carbons (Fsp3) is 0.118. The number of benzene rings is 2. The van der Waals surface area contributed by atoms with E-state index < -0.39 is 0 Å². The maximum Gasteiger partial charge on any atom is 0.244 e. The van der Waals surface area contributed by atoms with Gasteiger partial charge in [0.2, 0.25) is 5.91 Å². The quantitative estimate of drug-likeness (QED) is 0.565. The van der Waals surface area contributed by atoms with Crippen LogP contribution in [0.5, 0.6) is 11.5 Å². The predicted molar refractivity (Wildman–Crippen MR) is 89.7 cm³/mol. The third kappa shape index (κ3) is 4.93. The van der Waals surface area contributed by atoms with Crippen LogP contribution in [0.15, 0.2) is 53.0 Å². The highest BCUT2D eigenvalue weighted by Gasteiger charge is 2.00. The number of carbonyl (C=O) groups excluding carboxylic acids is 1. The van der Waals surface area contributed by atoms with Crippen LogP contribution in [0.4, 0.5) is 0 Å². The standard InChI is InChI=1S/C17H16BrNO3/c18-14-5-1-12(2-6-14)9-10-19-17(22)8-4-13-3-7-15(20)16(21)11-13/h1-8,11,20-21H,9-10H2,(H,19,22). The Balaban J connectivity index is 1.81. The van der Waals surface area contributed by atoms with E-state index in [2.05, 4.69) is 21.2 Å². The molecular formula is C17H16BrNO3. The second kappa shape index (κ2) is 7.66. The molecule has 0 saturated heterocycles. The molecule has 2 aromatic rings. The Hall–Kier alpha value is -2.27. The Bertz CT molecular complexity index is 681. The molecule has 0 fully saturated rings. The van der Waals surface area contributed by atoms with Gasteiger partial charge in [0.15, 0.2) is 11.5 Å². The van der Waals surface area contributed by atoms with Crippen LogP contribution in [0.1, 0.15) is 11.1 Å². The largest absolute Gasteiger partial charge is 0.504 e. The monoisotopic (exact) mass is 361 g/mol. The average Bonchev–Trinajstić information content (AvgIpc) is 2.50. The van der Waals surface area contributed by atoms with E-state index in [0.717, 1.165) is 16.5 Å². The fourth-order valence-electron chi connectivity index (χ4n) is 1.86. The number of hydrogen-bond donors (Lipinski definition) is 3. The smallest absolute Gasteiger partial charge is 0.244 e. The molecule has 0 aliphatic rings. The number of hydrogen-bond acceptors (Lipinski definition) is 3. The Morgan fingerprint density at radius 2 is 1.82 bits per heavy atom. The molecule has 2 rings (SSSR count). The molecule has 3 N–H and O–H groups in total. The average molecular weight is 362 g/mol. The van der Waals surface area contributed by atoms with E-state index in [1.807, 2.05) is 24.3 Å². The number of aromatic hydroxyl groups is 2. The molecule has 4 nitrogen and oxygen atoms in total. The van der Waals surface area contributed by atoms with Crippen molar-refractivity contribution < 1.29 is 15.0 Å². The van der Waals surface area contributed by atoms with Crippen LogP contribution in [-0.4, -0.2) is 22.7 Å². The minimum Gasteiger partial charge on any atom is -0.504 e. The summed E-state index contributed by atoms with van der Waals surface area (Å²) in [6.07, 6.45) is 3.73. The van der Waals surface area contributed by atoms with Crippen molar-refractivity contribution in [3.63, 3.8) is 0 Å². The normalized spacial score (nSPS) is 10.8. The Kier molecular flexibility index (Phi) is 5.61. The van der Waals surface area contributed by atoms with Crippen LogP contribution in [0.3, 0.4) is 0 Å². The first-order valence-electron chi connectivity index (χ1n) is 6.77. The van der Waals surface area contributed by atoms with Crippen LogP contribution in [0.2, 0.25) is 0 Å². The van der Waals surface area contributed by atoms with Crippen molar-refractivity contribution in [1.82, 2.24) is 5.32 Å². The number of halogens is 1. The van der Waals surface area contributed by atoms with Gasteiger partial charge in [-0.3, -0.25) is 4.79 Å². The highest BCUT2D eigenvalue weighted by Crippen LogP contribution is 2.25. The summed E-state index contributed by atoms with van der Waals surface area (Å²) in [4.78, 5) is 11.7. The zero-order valence-corrected chi connectivity index (χ0v) is 13.4. The molecular weight excluding hydrogens is 346 g/mol. The van der Waals surface area contributed by atoms with Crippen molar-refractivity contribution in [2.75, 3.05) is 6.54 Å². The Morgan fingerprint density at radius 3 is 2.50 bits per heavy atom. The highest BCUT2D eigenvalue weighted by molar-refractivity contribution is 9.10. The van der Waals surface area contributed by atoms with Crippen LogP contribution < -0.4 is 5.32 Å². The molecule has 0 radical (unpaired) electrons. The number of carbonyl (C=O) groups is 1. The Morgan fingerprint density at radius 1 is 1.09 bits per heavy atom. The molecule has 0 heterocycles. The maximum atomic E-state index is 11.7. The topological polar surface area (TPSA) is 69.6 Å². The zero-order valence-electron chi connectivity index (χ0n) is 11.8. The van der Waals surface area contributed by atoms with E-state index in [0.29, 0.717) is 12.1 Å². The fourth-order valence-corrected chi connectivity index (χ4v) is 2.12. The molecule has 0 saturated carbocycles. The van der Waals surface area contributed by atoms with Crippen LogP contribution in [-0.2, 0) is 11.2 Å². The van der Waals surface area contributed by atoms with E-state index in [9.17, 15) is 15.0 Å². The summed E-state index contributed by atoms with van der Waals surface area (Å²) in [5.74, 6) is -0.599. The van der Waals surface area contributed by atoms with E-state index in [1.165, 1.54) is 18.2 Å². The van der Waals surface area contributed by atoms with Crippen molar-refractivity contribution in [1.29, 1.82) is 0 Å². The van der Waals surface area contributed by atoms with Gasteiger partial charge in [0, 0.05) is 17.1 Å². The van der Waals surface area contributed by atoms with Gasteiger partial charge in [-0.2, -0.15) is 0 Å². The predicted octanol–water partition coefficient (Wildman–Crippen LogP) is 3.23. The molecule has 1 amide bonds. The van der Waals surface area contributed by atoms with E-state index in [4.69, 9.17) is 0 Å². The van der Waals surface area contributed by atoms with Crippen LogP contribution >= 0.6 is 15.9 Å². The summed E-state index contributed by atoms with van der Waals surface area (Å²) in [5, 5.41) is 21.4. The summed E-state index contributed by atoms with van der Waals surface area (Å²) in [7, 11) is 0. The Labute approximate surface area is 137 Å². The second-order valence-corrected chi connectivity index (χ2v) is 5.66. The van der Waals surface area contributed by atoms with Gasteiger partial charge in [0.05, 0.1) is 0 Å². The van der Waals surface area contributed by atoms with Crippen molar-refractivity contribution >= 4 is 27.9 Å². The number of phenolic OH excluding ortho intramolecular Hbond substituents is 2. The summed E-state index contributed by atoms with van der Waals surface area (Å²) in [5.41, 5.74) is 1.79. The molecule has 0 aliphatic carbocycles. The number of nitrogens with one attached hydrogen (secondary N) is 1. The lowest BCUT2D eigenvalue weighted by atomic mass is 10.1. The van der Waals surface area contributed by atoms with Gasteiger partial charge >= 0.3 is 0 Å². The number of amides is 1. The summed E-state index contributed by atoms with van der Waals surface area (Å²) < 4.78 is 1.03. The maximum absolute atomic E-state index is 11.7. The zero-order chi connectivity index (χ0) is 15.9. The number of rotatable bonds is 5. The van der Waals surface area contributed by atoms with Gasteiger partial charge in [-0.1, -0.05) is 34.1 Å². The first kappa shape index (κ1) is 16.1. The third-order valence-electron chi connectivity index (χ3n) is 3.05. The minimum atomic E-state index is -0.210. The van der Waals surface area contributed by atoms with Crippen LogP contribution in [0.25, 0.3) is 6.08 Å². The minimum absolute atomic E-state index is 0.184. The van der Waals surface area contributed by atoms with E-state index in [-0.39, 0.29) is 17.4 Å². The summed E-state index contributed by atoms with van der Waals surface area (Å²) >= 11 is 3.38. The van der Waals surface area contributed by atoms with Gasteiger partial charge in [0.25, 0.3) is 0 Å². The molecule has 0 spiro atoms. The molecule has 0 unspecified atom stereocenters. The van der Waals surface area contributed by atoms with E-state index in [1.54, 1.807) is 12.1 Å². The van der Waals surface area contributed by atoms with Gasteiger partial charge in [-0.25, -0.2) is 0 Å². The molecule has 114 valence electrons. The van der Waals surface area contributed by atoms with E-state index >= 15 is 0 Å². The molecule has 0 aliphatic heterocycles. The van der Waals surface area contributed by atoms with Crippen molar-refractivity contribution in [2.24, 2.45) is 0 Å². The molecule has 0 atom stereocenters. The van der Waals surface area contributed by atoms with Gasteiger partial charge in [0.1, 0.15) is 0 Å². The first-order valence-corrected chi connectivity index (χ1v) is 7.56. The van der Waals surface area contributed by atoms with Crippen molar-refractivity contribution in [3.8, 4) is 11.5 Å². The molecule has 2 aromatic carbocycles. The molecule has 5 heteroatoms. The SMILES string of the molecule is O=C(C=Cc1ccc(O)c(O)c1)NCCc1ccc(Br)cc1. The lowest BCUT2D eigenvalue weighted by Crippen LogP contribution is -2.23. The summed E-state index contributed by atoms with van der Waals surface area (Å²) in [6.45, 7) is 0.547. The molecule has 22 heavy (non-hydrogen) atoms. The first-order chi connectivity index (χ1) is 10.5. The second-order valence-electron chi connectivity index (χ2n) is 4.75. The van der Waals surface area contributed by atoms with Crippen molar-refractivity contribution in [3.05, 3.63) is 64.1 Å². The lowest BCUT2D eigenvalue weighted by molar-refractivity contribution is -0.116. The van der Waals surface area contributed by atoms with Crippen LogP contribution in [0, 0.1) is 0 Å². The highest BCUT2D eigenvalue weighted by atomic mass is 79.9. The summed E-state index contributed by atoms with van der Waals surface area (Å²) in [6, 6.07) is 12.3. The molecule has 0 bridgehead atoms. The van der Waals surface area contributed by atoms with Gasteiger partial charge in [-0.15, -0.1) is 0 Å². The molecule has 0 aromatic heterocycles. The number of phenols is 2. The van der Waals surface area contributed by atoms with Gasteiger partial charge in [-0.05, 0) is 47.9 Å².